The molecule has 34 heavy (non-hydrogen) atoms. The summed E-state index contributed by atoms with van der Waals surface area (Å²) in [5.41, 5.74) is 0. The highest BCUT2D eigenvalue weighted by Gasteiger charge is 2.32. The molecule has 0 saturated carbocycles. The summed E-state index contributed by atoms with van der Waals surface area (Å²) in [5, 5.41) is 2.53. The Hall–Kier alpha value is -3.25. The minimum atomic E-state index is -3.81. The van der Waals surface area contributed by atoms with Crippen molar-refractivity contribution in [2.45, 2.75) is 24.8 Å². The number of esters is 1. The Morgan fingerprint density at radius 2 is 1.74 bits per heavy atom. The number of piperazine rings is 1. The summed E-state index contributed by atoms with van der Waals surface area (Å²) >= 11 is 0. The number of amides is 2. The molecule has 1 saturated heterocycles. The lowest BCUT2D eigenvalue weighted by molar-refractivity contribution is -0.154. The second kappa shape index (κ2) is 10.8. The molecule has 1 aliphatic heterocycles. The van der Waals surface area contributed by atoms with Crippen molar-refractivity contribution >= 4 is 27.8 Å². The number of carbonyl (C=O) groups excluding carboxylic acids is 3. The number of benzene rings is 1. The maximum atomic E-state index is 13.1. The van der Waals surface area contributed by atoms with Crippen LogP contribution in [0.2, 0.25) is 0 Å². The van der Waals surface area contributed by atoms with Crippen LogP contribution in [-0.4, -0.2) is 74.2 Å². The van der Waals surface area contributed by atoms with Crippen molar-refractivity contribution in [3.63, 3.8) is 0 Å². The van der Waals surface area contributed by atoms with E-state index in [0.29, 0.717) is 0 Å². The lowest BCUT2D eigenvalue weighted by Crippen LogP contribution is -2.52. The van der Waals surface area contributed by atoms with E-state index >= 15 is 0 Å². The van der Waals surface area contributed by atoms with E-state index in [2.05, 4.69) is 5.32 Å². The van der Waals surface area contributed by atoms with Gasteiger partial charge in [0.05, 0.1) is 11.2 Å². The fourth-order valence-corrected chi connectivity index (χ4v) is 4.79. The Morgan fingerprint density at radius 3 is 2.29 bits per heavy atom. The van der Waals surface area contributed by atoms with Crippen LogP contribution in [0.3, 0.4) is 0 Å². The number of ether oxygens (including phenoxy) is 1. The third-order valence-corrected chi connectivity index (χ3v) is 7.25. The number of carbonyl (C=O) groups is 3. The summed E-state index contributed by atoms with van der Waals surface area (Å²) in [7, 11) is -3.81. The Kier molecular flexibility index (Phi) is 8.05. The first kappa shape index (κ1) is 25.4. The molecule has 12 heteroatoms. The SMILES string of the molecule is CC(C)[C@H](NC(=O)c1ccco1)C(=O)OCC(=O)N1CCN(S(=O)(=O)c2ccc(F)cc2)CC1. The van der Waals surface area contributed by atoms with Crippen LogP contribution in [0.15, 0.2) is 52.0 Å². The summed E-state index contributed by atoms with van der Waals surface area (Å²) in [5.74, 6) is -2.62. The molecule has 0 bridgehead atoms. The molecular weight excluding hydrogens is 469 g/mol. The van der Waals surface area contributed by atoms with Gasteiger partial charge in [-0.05, 0) is 42.3 Å². The smallest absolute Gasteiger partial charge is 0.329 e. The average Bonchev–Trinajstić information content (AvgIpc) is 3.36. The largest absolute Gasteiger partial charge is 0.459 e. The number of hydrogen-bond donors (Lipinski definition) is 1. The predicted octanol–water partition coefficient (Wildman–Crippen LogP) is 1.25. The number of hydrogen-bond acceptors (Lipinski definition) is 7. The second-order valence-corrected chi connectivity index (χ2v) is 9.96. The molecule has 2 aromatic rings. The maximum Gasteiger partial charge on any atom is 0.329 e. The van der Waals surface area contributed by atoms with Crippen LogP contribution in [0, 0.1) is 11.7 Å². The minimum Gasteiger partial charge on any atom is -0.459 e. The average molecular weight is 496 g/mol. The Labute approximate surface area is 196 Å². The summed E-state index contributed by atoms with van der Waals surface area (Å²) in [6, 6.07) is 6.54. The maximum absolute atomic E-state index is 13.1. The van der Waals surface area contributed by atoms with Gasteiger partial charge in [0.1, 0.15) is 11.9 Å². The highest BCUT2D eigenvalue weighted by Crippen LogP contribution is 2.18. The van der Waals surface area contributed by atoms with Gasteiger partial charge in [-0.1, -0.05) is 13.8 Å². The normalized spacial score (nSPS) is 15.7. The second-order valence-electron chi connectivity index (χ2n) is 8.02. The molecule has 1 aromatic heterocycles. The van der Waals surface area contributed by atoms with Gasteiger partial charge in [-0.15, -0.1) is 0 Å². The first-order valence-electron chi connectivity index (χ1n) is 10.6. The van der Waals surface area contributed by atoms with Crippen molar-refractivity contribution in [3.05, 3.63) is 54.2 Å². The number of nitrogens with zero attached hydrogens (tertiary/aromatic N) is 2. The Morgan fingerprint density at radius 1 is 1.09 bits per heavy atom. The first-order chi connectivity index (χ1) is 16.1. The van der Waals surface area contributed by atoms with Crippen LogP contribution in [0.25, 0.3) is 0 Å². The van der Waals surface area contributed by atoms with Crippen molar-refractivity contribution in [1.82, 2.24) is 14.5 Å². The molecule has 0 aliphatic carbocycles. The molecule has 0 spiro atoms. The third kappa shape index (κ3) is 6.00. The van der Waals surface area contributed by atoms with Crippen LogP contribution in [-0.2, 0) is 24.3 Å². The van der Waals surface area contributed by atoms with Crippen molar-refractivity contribution in [3.8, 4) is 0 Å². The zero-order valence-corrected chi connectivity index (χ0v) is 19.6. The monoisotopic (exact) mass is 495 g/mol. The first-order valence-corrected chi connectivity index (χ1v) is 12.1. The number of furan rings is 1. The van der Waals surface area contributed by atoms with Crippen molar-refractivity contribution in [2.24, 2.45) is 5.92 Å². The van der Waals surface area contributed by atoms with E-state index in [1.165, 1.54) is 33.7 Å². The molecule has 2 heterocycles. The molecular formula is C22H26FN3O7S. The molecule has 1 aromatic carbocycles. The van der Waals surface area contributed by atoms with Gasteiger partial charge in [-0.3, -0.25) is 9.59 Å². The number of halogens is 1. The molecule has 1 fully saturated rings. The van der Waals surface area contributed by atoms with E-state index in [9.17, 15) is 27.2 Å². The fourth-order valence-electron chi connectivity index (χ4n) is 3.37. The van der Waals surface area contributed by atoms with Crippen LogP contribution < -0.4 is 5.32 Å². The predicted molar refractivity (Wildman–Crippen MR) is 117 cm³/mol. The van der Waals surface area contributed by atoms with Crippen molar-refractivity contribution in [2.75, 3.05) is 32.8 Å². The van der Waals surface area contributed by atoms with Crippen molar-refractivity contribution in [1.29, 1.82) is 0 Å². The summed E-state index contributed by atoms with van der Waals surface area (Å²) in [4.78, 5) is 38.5. The number of nitrogens with one attached hydrogen (secondary N) is 1. The molecule has 1 atom stereocenters. The van der Waals surface area contributed by atoms with E-state index < -0.39 is 46.3 Å². The van der Waals surface area contributed by atoms with Crippen LogP contribution in [0.5, 0.6) is 0 Å². The minimum absolute atomic E-state index is 0.0288. The molecule has 10 nitrogen and oxygen atoms in total. The molecule has 2 amide bonds. The van der Waals surface area contributed by atoms with Crippen LogP contribution >= 0.6 is 0 Å². The van der Waals surface area contributed by atoms with Gasteiger partial charge in [0.25, 0.3) is 11.8 Å². The topological polar surface area (TPSA) is 126 Å². The van der Waals surface area contributed by atoms with E-state index in [4.69, 9.17) is 9.15 Å². The molecule has 0 radical (unpaired) electrons. The third-order valence-electron chi connectivity index (χ3n) is 5.33. The van der Waals surface area contributed by atoms with E-state index in [1.54, 1.807) is 19.9 Å². The molecule has 184 valence electrons. The Bertz CT molecular complexity index is 1110. The van der Waals surface area contributed by atoms with Gasteiger partial charge >= 0.3 is 5.97 Å². The quantitative estimate of drug-likeness (QED) is 0.546. The number of sulfonamides is 1. The van der Waals surface area contributed by atoms with Gasteiger partial charge in [0.2, 0.25) is 10.0 Å². The number of rotatable bonds is 8. The highest BCUT2D eigenvalue weighted by atomic mass is 32.2. The van der Waals surface area contributed by atoms with Gasteiger partial charge < -0.3 is 19.4 Å². The zero-order chi connectivity index (χ0) is 24.9. The van der Waals surface area contributed by atoms with E-state index in [1.807, 2.05) is 0 Å². The van der Waals surface area contributed by atoms with Crippen molar-refractivity contribution < 1.29 is 36.3 Å². The van der Waals surface area contributed by atoms with Gasteiger partial charge in [0.15, 0.2) is 12.4 Å². The lowest BCUT2D eigenvalue weighted by atomic mass is 10.0. The Balaban J connectivity index is 1.50. The van der Waals surface area contributed by atoms with Gasteiger partial charge in [0, 0.05) is 26.2 Å². The van der Waals surface area contributed by atoms with Gasteiger partial charge in [-0.25, -0.2) is 17.6 Å². The summed E-state index contributed by atoms with van der Waals surface area (Å²) in [6.45, 7) is 3.22. The van der Waals surface area contributed by atoms with Gasteiger partial charge in [-0.2, -0.15) is 4.31 Å². The molecule has 1 N–H and O–H groups in total. The molecule has 0 unspecified atom stereocenters. The highest BCUT2D eigenvalue weighted by molar-refractivity contribution is 7.89. The standard InChI is InChI=1S/C22H26FN3O7S/c1-15(2)20(24-21(28)18-4-3-13-32-18)22(29)33-14-19(27)25-9-11-26(12-10-25)34(30,31)17-7-5-16(23)6-8-17/h3-8,13,15,20H,9-12,14H2,1-2H3,(H,24,28)/t20-/m0/s1. The fraction of sp³-hybridized carbons (Fsp3) is 0.409. The zero-order valence-electron chi connectivity index (χ0n) is 18.8. The summed E-state index contributed by atoms with van der Waals surface area (Å²) in [6.07, 6.45) is 1.33. The summed E-state index contributed by atoms with van der Waals surface area (Å²) < 4.78 is 49.8. The lowest BCUT2D eigenvalue weighted by Gasteiger charge is -2.34. The van der Waals surface area contributed by atoms with Crippen LogP contribution in [0.4, 0.5) is 4.39 Å². The molecule has 3 rings (SSSR count). The van der Waals surface area contributed by atoms with Crippen LogP contribution in [0.1, 0.15) is 24.4 Å². The van der Waals surface area contributed by atoms with E-state index in [0.717, 1.165) is 12.1 Å². The van der Waals surface area contributed by atoms with E-state index in [-0.39, 0.29) is 42.8 Å². The molecule has 1 aliphatic rings.